The average Bonchev–Trinajstić information content (AvgIpc) is 3.46. The van der Waals surface area contributed by atoms with Gasteiger partial charge in [-0.2, -0.15) is 0 Å². The number of ketones is 1. The molecule has 0 fully saturated rings. The van der Waals surface area contributed by atoms with Crippen molar-refractivity contribution in [3.05, 3.63) is 93.0 Å². The minimum atomic E-state index is -0.740. The molecule has 0 aliphatic rings. The van der Waals surface area contributed by atoms with Crippen LogP contribution in [0, 0.1) is 0 Å². The van der Waals surface area contributed by atoms with Gasteiger partial charge in [-0.15, -0.1) is 0 Å². The zero-order chi connectivity index (χ0) is 60.1. The summed E-state index contributed by atoms with van der Waals surface area (Å²) in [4.78, 5) is 68.9. The van der Waals surface area contributed by atoms with Crippen LogP contribution in [0.2, 0.25) is 0 Å². The lowest BCUT2D eigenvalue weighted by Crippen LogP contribution is -2.42. The van der Waals surface area contributed by atoms with E-state index >= 15 is 0 Å². The summed E-state index contributed by atoms with van der Waals surface area (Å²) in [6.07, 6.45) is 1.77. The Hall–Kier alpha value is -7.49. The van der Waals surface area contributed by atoms with Crippen LogP contribution < -0.4 is 31.9 Å². The molecule has 0 aliphatic heterocycles. The van der Waals surface area contributed by atoms with Crippen molar-refractivity contribution in [2.45, 2.75) is 71.2 Å². The van der Waals surface area contributed by atoms with E-state index < -0.39 is 75.7 Å². The van der Waals surface area contributed by atoms with E-state index in [1.807, 2.05) is 9.80 Å². The second-order valence-electron chi connectivity index (χ2n) is 19.2. The first-order valence-electron chi connectivity index (χ1n) is 27.1. The third-order valence-corrected chi connectivity index (χ3v) is 13.4. The molecule has 452 valence electrons. The molecule has 0 saturated heterocycles. The Bertz CT molecular complexity index is 2730. The highest BCUT2D eigenvalue weighted by atomic mass is 16.5. The van der Waals surface area contributed by atoms with Gasteiger partial charge in [0, 0.05) is 116 Å². The van der Waals surface area contributed by atoms with E-state index in [0.29, 0.717) is 68.6 Å². The Morgan fingerprint density at radius 1 is 0.427 bits per heavy atom. The van der Waals surface area contributed by atoms with Gasteiger partial charge in [-0.3, -0.25) is 33.8 Å². The quantitative estimate of drug-likeness (QED) is 0.0226. The number of aromatic hydroxyl groups is 8. The van der Waals surface area contributed by atoms with E-state index in [2.05, 4.69) is 31.9 Å². The highest BCUT2D eigenvalue weighted by molar-refractivity contribution is 5.99. The first-order valence-corrected chi connectivity index (χ1v) is 27.1. The van der Waals surface area contributed by atoms with E-state index in [1.54, 1.807) is 13.0 Å². The number of phenolic OH excluding ortho intramolecular Hbond substituents is 8. The molecule has 4 rings (SSSR count). The van der Waals surface area contributed by atoms with Gasteiger partial charge in [-0.25, -0.2) is 0 Å². The van der Waals surface area contributed by atoms with Crippen molar-refractivity contribution in [3.63, 3.8) is 0 Å². The third-order valence-electron chi connectivity index (χ3n) is 13.4. The molecule has 4 aromatic rings. The second kappa shape index (κ2) is 35.4. The monoisotopic (exact) mass is 1150 g/mol. The summed E-state index contributed by atoms with van der Waals surface area (Å²) in [5.41, 5.74) is 0.714. The van der Waals surface area contributed by atoms with E-state index in [0.717, 1.165) is 0 Å². The van der Waals surface area contributed by atoms with Gasteiger partial charge in [-0.1, -0.05) is 31.2 Å². The van der Waals surface area contributed by atoms with Crippen LogP contribution in [0.3, 0.4) is 0 Å². The van der Waals surface area contributed by atoms with Gasteiger partial charge in [0.25, 0.3) is 23.6 Å². The number of methoxy groups -OCH3 is 4. The zero-order valence-corrected chi connectivity index (χ0v) is 47.4. The predicted octanol–water partition coefficient (Wildman–Crippen LogP) is 2.63. The van der Waals surface area contributed by atoms with Crippen LogP contribution in [0.1, 0.15) is 103 Å². The molecule has 0 bridgehead atoms. The minimum absolute atomic E-state index is 0.0322. The van der Waals surface area contributed by atoms with Crippen molar-refractivity contribution in [3.8, 4) is 46.0 Å². The molecule has 82 heavy (non-hydrogen) atoms. The van der Waals surface area contributed by atoms with Gasteiger partial charge in [0.2, 0.25) is 0 Å². The van der Waals surface area contributed by atoms with Gasteiger partial charge in [0.05, 0.1) is 54.7 Å². The number of hydrogen-bond acceptors (Lipinski definition) is 21. The lowest BCUT2D eigenvalue weighted by atomic mass is 10.00. The Balaban J connectivity index is 1.57. The zero-order valence-electron chi connectivity index (χ0n) is 47.4. The second-order valence-corrected chi connectivity index (χ2v) is 19.2. The number of carbonyl (C=O) groups is 5. The molecule has 0 heterocycles. The van der Waals surface area contributed by atoms with Crippen LogP contribution in [0.15, 0.2) is 48.5 Å². The van der Waals surface area contributed by atoms with Crippen LogP contribution in [0.4, 0.5) is 0 Å². The van der Waals surface area contributed by atoms with E-state index in [-0.39, 0.29) is 125 Å². The van der Waals surface area contributed by atoms with Crippen molar-refractivity contribution >= 4 is 29.4 Å². The number of nitrogens with one attached hydrogen (secondary N) is 6. The summed E-state index contributed by atoms with van der Waals surface area (Å²) in [6.45, 7) is 5.50. The molecule has 25 nitrogen and oxygen atoms in total. The Kier molecular flexibility index (Phi) is 28.9. The van der Waals surface area contributed by atoms with E-state index in [1.165, 1.54) is 70.9 Å². The molecule has 0 aliphatic carbocycles. The largest absolute Gasteiger partial charge is 0.504 e. The summed E-state index contributed by atoms with van der Waals surface area (Å²) in [5, 5.41) is 105. The first kappa shape index (κ1) is 67.0. The topological polar surface area (TPSA) is 363 Å². The highest BCUT2D eigenvalue weighted by Gasteiger charge is 2.28. The summed E-state index contributed by atoms with van der Waals surface area (Å²) >= 11 is 0. The van der Waals surface area contributed by atoms with Gasteiger partial charge in [-0.05, 0) is 76.1 Å². The smallest absolute Gasteiger partial charge is 0.255 e. The summed E-state index contributed by atoms with van der Waals surface area (Å²) < 4.78 is 19.9. The molecular formula is C57H82N8O17. The van der Waals surface area contributed by atoms with Gasteiger partial charge < -0.3 is 91.7 Å². The predicted molar refractivity (Wildman–Crippen MR) is 303 cm³/mol. The fraction of sp³-hybridized carbons (Fsp3) is 0.491. The lowest BCUT2D eigenvalue weighted by molar-refractivity contribution is -0.124. The van der Waals surface area contributed by atoms with Gasteiger partial charge in [0.15, 0.2) is 46.0 Å². The normalized spacial score (nSPS) is 11.7. The number of amides is 4. The number of nitrogens with zero attached hydrogens (tertiary/aromatic N) is 2. The molecule has 25 heteroatoms. The van der Waals surface area contributed by atoms with Crippen LogP contribution in [-0.2, 0) is 49.9 Å². The first-order chi connectivity index (χ1) is 39.4. The number of hydrogen-bond donors (Lipinski definition) is 14. The Morgan fingerprint density at radius 3 is 1.12 bits per heavy atom. The van der Waals surface area contributed by atoms with Crippen LogP contribution >= 0.6 is 0 Å². The number of carbonyl (C=O) groups excluding carboxylic acids is 5. The van der Waals surface area contributed by atoms with Crippen molar-refractivity contribution in [1.29, 1.82) is 0 Å². The van der Waals surface area contributed by atoms with E-state index in [4.69, 9.17) is 18.9 Å². The maximum absolute atomic E-state index is 14.1. The number of phenols is 8. The Labute approximate surface area is 477 Å². The highest BCUT2D eigenvalue weighted by Crippen LogP contribution is 2.37. The third kappa shape index (κ3) is 19.9. The standard InChI is InChI=1S/C57H82N8O17/c1-6-45(66)44(65(35-39-14-18-43(53(74)49(39)70)57(78)63-24-31-82-5)27-9-20-59-33-37-12-16-41(51(72)47(37)68)55(76)61-22-29-80-3)10-7-25-64(34-38-13-17-42(52(73)48(38)69)56(77)62-23-30-81-4)26-8-19-58-32-36-11-15-40(50(71)46(36)67)54(75)60-21-28-79-2/h11-18,44,58-59,67-74H,6-10,19-35H2,1-5H3,(H,60,75)(H,61,76)(H,62,77)(H,63,78). The maximum Gasteiger partial charge on any atom is 0.255 e. The summed E-state index contributed by atoms with van der Waals surface area (Å²) in [6, 6.07) is 11.0. The maximum atomic E-state index is 14.1. The molecule has 0 aromatic heterocycles. The van der Waals surface area contributed by atoms with Crippen molar-refractivity contribution in [2.24, 2.45) is 0 Å². The number of benzene rings is 4. The van der Waals surface area contributed by atoms with Crippen molar-refractivity contribution in [1.82, 2.24) is 41.7 Å². The fourth-order valence-corrected chi connectivity index (χ4v) is 8.85. The average molecular weight is 1150 g/mol. The molecule has 4 aromatic carbocycles. The van der Waals surface area contributed by atoms with Crippen LogP contribution in [-0.4, -0.2) is 200 Å². The molecule has 1 unspecified atom stereocenters. The molecular weight excluding hydrogens is 1070 g/mol. The molecule has 0 spiro atoms. The van der Waals surface area contributed by atoms with E-state index in [9.17, 15) is 64.8 Å². The molecule has 1 atom stereocenters. The number of Topliss-reactive ketones (excluding diaryl/α,β-unsaturated/α-hetero) is 1. The minimum Gasteiger partial charge on any atom is -0.504 e. The van der Waals surface area contributed by atoms with Gasteiger partial charge >= 0.3 is 0 Å². The van der Waals surface area contributed by atoms with Crippen LogP contribution in [0.25, 0.3) is 0 Å². The SMILES string of the molecule is CCC(=O)C(CCCN(CCCNCc1ccc(C(=O)NCCOC)c(O)c1O)Cc1ccc(C(=O)NCCOC)c(O)c1O)N(CCCNCc1ccc(C(=O)NCCOC)c(O)c1O)Cc1ccc(C(=O)NCCOC)c(O)c1O. The summed E-state index contributed by atoms with van der Waals surface area (Å²) in [7, 11) is 5.92. The summed E-state index contributed by atoms with van der Waals surface area (Å²) in [5.74, 6) is -6.85. The molecule has 0 radical (unpaired) electrons. The molecule has 14 N–H and O–H groups in total. The molecule has 4 amide bonds. The number of ether oxygens (including phenoxy) is 4. The van der Waals surface area contributed by atoms with Crippen molar-refractivity contribution < 1.29 is 83.8 Å². The Morgan fingerprint density at radius 2 is 0.756 bits per heavy atom. The lowest BCUT2D eigenvalue weighted by Gasteiger charge is -2.32. The fourth-order valence-electron chi connectivity index (χ4n) is 8.85. The van der Waals surface area contributed by atoms with Crippen LogP contribution in [0.5, 0.6) is 46.0 Å². The van der Waals surface area contributed by atoms with Crippen molar-refractivity contribution in [2.75, 3.05) is 114 Å². The molecule has 0 saturated carbocycles. The van der Waals surface area contributed by atoms with Gasteiger partial charge in [0.1, 0.15) is 5.78 Å². The number of rotatable bonds is 39.